The Kier molecular flexibility index (Phi) is 8.42. The molecule has 5 rings (SSSR count). The summed E-state index contributed by atoms with van der Waals surface area (Å²) in [5.41, 5.74) is 3.36. The molecule has 2 aromatic heterocycles. The van der Waals surface area contributed by atoms with Crippen LogP contribution in [-0.4, -0.2) is 95.9 Å². The Balaban J connectivity index is 1.44. The predicted octanol–water partition coefficient (Wildman–Crippen LogP) is 3.82. The summed E-state index contributed by atoms with van der Waals surface area (Å²) in [6, 6.07) is 18.2. The number of pyridine rings is 1. The summed E-state index contributed by atoms with van der Waals surface area (Å²) in [6.45, 7) is 6.00. The summed E-state index contributed by atoms with van der Waals surface area (Å²) in [4.78, 5) is 43.5. The lowest BCUT2D eigenvalue weighted by molar-refractivity contribution is -0.119. The first-order chi connectivity index (χ1) is 19.8. The maximum Gasteiger partial charge on any atom is 0.338 e. The molecule has 0 bridgehead atoms. The molecule has 212 valence electrons. The fraction of sp³-hybridized carbons (Fsp3) is 0.290. The van der Waals surface area contributed by atoms with Crippen LogP contribution in [0, 0.1) is 0 Å². The standard InChI is InChI=1S/C31H34N6O4/c1-4-41-31(40)22-10-12-24-25(18-22)34-30(39)28(24)29(21-8-6-5-7-9-21)33-23-11-13-26(32-19-23)36(3)27(38)20-37-16-14-35(2)15-17-37/h5-13,18-19,34,39H,4,14-17,20H2,1-3H3. The number of likely N-dealkylation sites (N-methyl/N-ethyl adjacent to an activating group) is 2. The van der Waals surface area contributed by atoms with Gasteiger partial charge in [-0.2, -0.15) is 0 Å². The van der Waals surface area contributed by atoms with Crippen LogP contribution in [0.1, 0.15) is 28.4 Å². The van der Waals surface area contributed by atoms with E-state index in [4.69, 9.17) is 9.73 Å². The zero-order valence-corrected chi connectivity index (χ0v) is 23.5. The van der Waals surface area contributed by atoms with Crippen LogP contribution in [0.25, 0.3) is 10.9 Å². The van der Waals surface area contributed by atoms with Crippen molar-refractivity contribution >= 4 is 40.0 Å². The third kappa shape index (κ3) is 6.29. The maximum atomic E-state index is 12.9. The second kappa shape index (κ2) is 12.3. The topological polar surface area (TPSA) is 114 Å². The highest BCUT2D eigenvalue weighted by atomic mass is 16.5. The van der Waals surface area contributed by atoms with Gasteiger partial charge in [-0.05, 0) is 38.2 Å². The van der Waals surface area contributed by atoms with E-state index in [-0.39, 0.29) is 18.4 Å². The number of nitrogens with zero attached hydrogens (tertiary/aromatic N) is 5. The lowest BCUT2D eigenvalue weighted by Crippen LogP contribution is -2.48. The van der Waals surface area contributed by atoms with E-state index in [2.05, 4.69) is 26.8 Å². The quantitative estimate of drug-likeness (QED) is 0.251. The van der Waals surface area contributed by atoms with E-state index in [0.29, 0.717) is 45.8 Å². The molecule has 2 aromatic carbocycles. The van der Waals surface area contributed by atoms with Crippen molar-refractivity contribution in [1.29, 1.82) is 0 Å². The van der Waals surface area contributed by atoms with Gasteiger partial charge < -0.3 is 19.7 Å². The Labute approximate surface area is 238 Å². The van der Waals surface area contributed by atoms with Crippen molar-refractivity contribution in [3.8, 4) is 5.88 Å². The molecule has 1 amide bonds. The van der Waals surface area contributed by atoms with Crippen LogP contribution in [0.4, 0.5) is 11.5 Å². The number of aromatic nitrogens is 2. The molecule has 1 aliphatic rings. The van der Waals surface area contributed by atoms with Gasteiger partial charge in [0, 0.05) is 49.7 Å². The molecule has 0 spiro atoms. The first-order valence-electron chi connectivity index (χ1n) is 13.6. The Bertz CT molecular complexity index is 1560. The average Bonchev–Trinajstić information content (AvgIpc) is 3.32. The van der Waals surface area contributed by atoms with Crippen LogP contribution in [-0.2, 0) is 9.53 Å². The number of ether oxygens (including phenoxy) is 1. The van der Waals surface area contributed by atoms with Gasteiger partial charge in [0.15, 0.2) is 5.88 Å². The van der Waals surface area contributed by atoms with Crippen molar-refractivity contribution in [3.05, 3.63) is 83.6 Å². The lowest BCUT2D eigenvalue weighted by Gasteiger charge is -2.32. The van der Waals surface area contributed by atoms with Gasteiger partial charge in [0.25, 0.3) is 0 Å². The van der Waals surface area contributed by atoms with E-state index in [9.17, 15) is 14.7 Å². The fourth-order valence-electron chi connectivity index (χ4n) is 4.83. The number of aromatic hydroxyl groups is 1. The monoisotopic (exact) mass is 554 g/mol. The second-order valence-electron chi connectivity index (χ2n) is 10.1. The van der Waals surface area contributed by atoms with Crippen molar-refractivity contribution in [2.45, 2.75) is 6.92 Å². The zero-order chi connectivity index (χ0) is 28.9. The molecule has 2 N–H and O–H groups in total. The first kappa shape index (κ1) is 28.0. The molecule has 10 nitrogen and oxygen atoms in total. The minimum Gasteiger partial charge on any atom is -0.494 e. The summed E-state index contributed by atoms with van der Waals surface area (Å²) in [6.07, 6.45) is 1.61. The maximum absolute atomic E-state index is 12.9. The number of aliphatic imine (C=N–C) groups is 1. The minimum absolute atomic E-state index is 0.0193. The summed E-state index contributed by atoms with van der Waals surface area (Å²) >= 11 is 0. The molecular weight excluding hydrogens is 520 g/mol. The Hall–Kier alpha value is -4.54. The molecule has 41 heavy (non-hydrogen) atoms. The summed E-state index contributed by atoms with van der Waals surface area (Å²) in [5.74, 6) is 0.0162. The number of esters is 1. The number of nitrogens with one attached hydrogen (secondary N) is 1. The van der Waals surface area contributed by atoms with E-state index in [1.54, 1.807) is 55.4 Å². The second-order valence-corrected chi connectivity index (χ2v) is 10.1. The van der Waals surface area contributed by atoms with Crippen LogP contribution >= 0.6 is 0 Å². The number of H-pyrrole nitrogens is 1. The molecule has 4 aromatic rings. The molecule has 0 radical (unpaired) electrons. The number of rotatable bonds is 8. The largest absolute Gasteiger partial charge is 0.494 e. The number of hydrogen-bond donors (Lipinski definition) is 2. The Morgan fingerprint density at radius 1 is 1.05 bits per heavy atom. The number of carbonyl (C=O) groups excluding carboxylic acids is 2. The number of anilines is 1. The molecule has 0 atom stereocenters. The summed E-state index contributed by atoms with van der Waals surface area (Å²) in [5, 5.41) is 11.7. The summed E-state index contributed by atoms with van der Waals surface area (Å²) in [7, 11) is 3.82. The van der Waals surface area contributed by atoms with Gasteiger partial charge in [0.05, 0.1) is 41.9 Å². The molecule has 1 aliphatic heterocycles. The molecular formula is C31H34N6O4. The Morgan fingerprint density at radius 2 is 1.80 bits per heavy atom. The van der Waals surface area contributed by atoms with E-state index in [1.165, 1.54) is 0 Å². The van der Waals surface area contributed by atoms with Crippen molar-refractivity contribution in [3.63, 3.8) is 0 Å². The highest BCUT2D eigenvalue weighted by molar-refractivity contribution is 6.22. The highest BCUT2D eigenvalue weighted by Gasteiger charge is 2.22. The number of amides is 1. The SMILES string of the molecule is CCOC(=O)c1ccc2c(C(=Nc3ccc(N(C)C(=O)CN4CCN(C)CC4)nc3)c3ccccc3)c(O)[nH]c2c1. The molecule has 10 heteroatoms. The number of benzene rings is 2. The zero-order valence-electron chi connectivity index (χ0n) is 23.5. The van der Waals surface area contributed by atoms with Crippen LogP contribution in [0.3, 0.4) is 0 Å². The highest BCUT2D eigenvalue weighted by Crippen LogP contribution is 2.32. The van der Waals surface area contributed by atoms with Gasteiger partial charge in [-0.3, -0.25) is 14.6 Å². The summed E-state index contributed by atoms with van der Waals surface area (Å²) < 4.78 is 5.12. The smallest absolute Gasteiger partial charge is 0.338 e. The third-order valence-electron chi connectivity index (χ3n) is 7.22. The van der Waals surface area contributed by atoms with Crippen LogP contribution < -0.4 is 4.90 Å². The van der Waals surface area contributed by atoms with Crippen molar-refractivity contribution in [2.24, 2.45) is 4.99 Å². The van der Waals surface area contributed by atoms with Gasteiger partial charge in [-0.1, -0.05) is 36.4 Å². The lowest BCUT2D eigenvalue weighted by atomic mass is 10.00. The number of hydrogen-bond acceptors (Lipinski definition) is 8. The molecule has 0 unspecified atom stereocenters. The van der Waals surface area contributed by atoms with Crippen LogP contribution in [0.15, 0.2) is 71.9 Å². The van der Waals surface area contributed by atoms with Crippen LogP contribution in [0.5, 0.6) is 5.88 Å². The van der Waals surface area contributed by atoms with E-state index >= 15 is 0 Å². The number of fused-ring (bicyclic) bond motifs is 1. The number of aromatic amines is 1. The van der Waals surface area contributed by atoms with Crippen molar-refractivity contribution in [2.75, 3.05) is 58.3 Å². The molecule has 3 heterocycles. The van der Waals surface area contributed by atoms with Gasteiger partial charge in [-0.15, -0.1) is 0 Å². The first-order valence-corrected chi connectivity index (χ1v) is 13.6. The van der Waals surface area contributed by atoms with Gasteiger partial charge in [0.2, 0.25) is 5.91 Å². The molecule has 1 fully saturated rings. The van der Waals surface area contributed by atoms with E-state index in [0.717, 1.165) is 31.7 Å². The van der Waals surface area contributed by atoms with Gasteiger partial charge in [0.1, 0.15) is 5.82 Å². The fourth-order valence-corrected chi connectivity index (χ4v) is 4.83. The number of carbonyl (C=O) groups is 2. The van der Waals surface area contributed by atoms with Crippen molar-refractivity contribution in [1.82, 2.24) is 19.8 Å². The minimum atomic E-state index is -0.430. The third-order valence-corrected chi connectivity index (χ3v) is 7.22. The number of piperazine rings is 1. The normalized spacial score (nSPS) is 14.8. The van der Waals surface area contributed by atoms with Crippen molar-refractivity contribution < 1.29 is 19.4 Å². The van der Waals surface area contributed by atoms with Gasteiger partial charge in [-0.25, -0.2) is 14.8 Å². The Morgan fingerprint density at radius 3 is 2.49 bits per heavy atom. The van der Waals surface area contributed by atoms with E-state index in [1.807, 2.05) is 30.3 Å². The predicted molar refractivity (Wildman–Crippen MR) is 159 cm³/mol. The van der Waals surface area contributed by atoms with Crippen LogP contribution in [0.2, 0.25) is 0 Å². The average molecular weight is 555 g/mol. The molecule has 1 saturated heterocycles. The van der Waals surface area contributed by atoms with Gasteiger partial charge >= 0.3 is 5.97 Å². The molecule has 0 saturated carbocycles. The van der Waals surface area contributed by atoms with E-state index < -0.39 is 5.97 Å². The molecule has 0 aliphatic carbocycles.